The molecular formula is C14H13NO. The molecule has 1 N–H and O–H groups in total. The highest BCUT2D eigenvalue weighted by Gasteiger charge is 2.13. The number of hydrogen-bond donors (Lipinski definition) is 1. The van der Waals surface area contributed by atoms with Gasteiger partial charge < -0.3 is 9.73 Å². The first kappa shape index (κ1) is 9.28. The summed E-state index contributed by atoms with van der Waals surface area (Å²) in [5.41, 5.74) is 4.40. The average molecular weight is 211 g/mol. The third-order valence-electron chi connectivity index (χ3n) is 2.80. The maximum Gasteiger partial charge on any atom is 0.205 e. The van der Waals surface area contributed by atoms with Crippen LogP contribution < -0.4 is 5.32 Å². The van der Waals surface area contributed by atoms with E-state index in [2.05, 4.69) is 30.4 Å². The van der Waals surface area contributed by atoms with Gasteiger partial charge in [-0.25, -0.2) is 0 Å². The predicted octanol–water partition coefficient (Wildman–Crippen LogP) is 4.08. The molecule has 0 atom stereocenters. The first-order valence-electron chi connectivity index (χ1n) is 5.39. The maximum atomic E-state index is 5.79. The molecule has 2 heterocycles. The van der Waals surface area contributed by atoms with Crippen molar-refractivity contribution in [2.24, 2.45) is 0 Å². The van der Waals surface area contributed by atoms with Gasteiger partial charge in [0.2, 0.25) is 5.88 Å². The lowest BCUT2D eigenvalue weighted by Gasteiger charge is -2.00. The molecule has 0 spiro atoms. The molecular weight excluding hydrogens is 198 g/mol. The number of benzene rings is 1. The van der Waals surface area contributed by atoms with Crippen LogP contribution in [-0.4, -0.2) is 0 Å². The monoisotopic (exact) mass is 211 g/mol. The average Bonchev–Trinajstić information content (AvgIpc) is 2.46. The molecule has 3 rings (SSSR count). The standard InChI is InChI=1S/C14H13NO/c1-9-6-7-13-12(8-9)11-5-3-4-10(2)15-14(11)16-13/h3-8,15H,1-2H3. The van der Waals surface area contributed by atoms with Crippen LogP contribution in [-0.2, 0) is 0 Å². The number of anilines is 1. The third-order valence-corrected chi connectivity index (χ3v) is 2.80. The van der Waals surface area contributed by atoms with Crippen molar-refractivity contribution < 1.29 is 4.42 Å². The summed E-state index contributed by atoms with van der Waals surface area (Å²) >= 11 is 0. The van der Waals surface area contributed by atoms with Crippen LogP contribution in [0.2, 0.25) is 0 Å². The van der Waals surface area contributed by atoms with Gasteiger partial charge in [0.05, 0.1) is 0 Å². The van der Waals surface area contributed by atoms with Crippen molar-refractivity contribution >= 4 is 22.9 Å². The van der Waals surface area contributed by atoms with E-state index < -0.39 is 0 Å². The topological polar surface area (TPSA) is 25.2 Å². The summed E-state index contributed by atoms with van der Waals surface area (Å²) in [7, 11) is 0. The number of aryl methyl sites for hydroxylation is 1. The maximum absolute atomic E-state index is 5.79. The summed E-state index contributed by atoms with van der Waals surface area (Å²) in [5.74, 6) is 0.836. The fourth-order valence-electron chi connectivity index (χ4n) is 2.00. The van der Waals surface area contributed by atoms with Crippen molar-refractivity contribution in [2.75, 3.05) is 5.32 Å². The van der Waals surface area contributed by atoms with E-state index in [1.54, 1.807) is 0 Å². The Morgan fingerprint density at radius 1 is 1.19 bits per heavy atom. The minimum Gasteiger partial charge on any atom is -0.440 e. The predicted molar refractivity (Wildman–Crippen MR) is 67.4 cm³/mol. The van der Waals surface area contributed by atoms with Gasteiger partial charge in [0.15, 0.2) is 0 Å². The molecule has 0 aliphatic carbocycles. The van der Waals surface area contributed by atoms with E-state index in [4.69, 9.17) is 4.42 Å². The second-order valence-electron chi connectivity index (χ2n) is 4.18. The normalized spacial score (nSPS) is 14.2. The molecule has 0 saturated carbocycles. The van der Waals surface area contributed by atoms with Gasteiger partial charge in [-0.05, 0) is 38.1 Å². The fourth-order valence-corrected chi connectivity index (χ4v) is 2.00. The van der Waals surface area contributed by atoms with Gasteiger partial charge in [-0.15, -0.1) is 0 Å². The molecule has 2 aromatic rings. The molecule has 1 aromatic heterocycles. The van der Waals surface area contributed by atoms with Crippen LogP contribution in [0.15, 0.2) is 40.5 Å². The Kier molecular flexibility index (Phi) is 1.90. The zero-order chi connectivity index (χ0) is 11.1. The zero-order valence-corrected chi connectivity index (χ0v) is 9.37. The van der Waals surface area contributed by atoms with Crippen molar-refractivity contribution in [3.63, 3.8) is 0 Å². The minimum absolute atomic E-state index is 0.836. The van der Waals surface area contributed by atoms with Crippen molar-refractivity contribution in [2.45, 2.75) is 13.8 Å². The highest BCUT2D eigenvalue weighted by molar-refractivity contribution is 5.94. The highest BCUT2D eigenvalue weighted by atomic mass is 16.3. The Bertz CT molecular complexity index is 617. The molecule has 2 heteroatoms. The van der Waals surface area contributed by atoms with Gasteiger partial charge in [0, 0.05) is 16.6 Å². The third kappa shape index (κ3) is 1.34. The molecule has 16 heavy (non-hydrogen) atoms. The number of furan rings is 1. The molecule has 0 fully saturated rings. The molecule has 80 valence electrons. The van der Waals surface area contributed by atoms with Crippen LogP contribution in [0.5, 0.6) is 0 Å². The Labute approximate surface area is 94.3 Å². The van der Waals surface area contributed by atoms with Crippen molar-refractivity contribution in [3.8, 4) is 0 Å². The quantitative estimate of drug-likeness (QED) is 0.710. The molecule has 0 radical (unpaired) electrons. The second kappa shape index (κ2) is 3.27. The SMILES string of the molecule is CC1=CC=Cc2c(oc3ccc(C)cc23)N1. The van der Waals surface area contributed by atoms with E-state index in [1.165, 1.54) is 10.9 Å². The van der Waals surface area contributed by atoms with E-state index in [9.17, 15) is 0 Å². The van der Waals surface area contributed by atoms with Gasteiger partial charge >= 0.3 is 0 Å². The second-order valence-corrected chi connectivity index (χ2v) is 4.18. The molecule has 0 amide bonds. The summed E-state index contributed by atoms with van der Waals surface area (Å²) in [6.07, 6.45) is 6.17. The van der Waals surface area contributed by atoms with Crippen molar-refractivity contribution in [1.29, 1.82) is 0 Å². The molecule has 2 nitrogen and oxygen atoms in total. The molecule has 1 aliphatic heterocycles. The summed E-state index contributed by atoms with van der Waals surface area (Å²) < 4.78 is 5.79. The number of fused-ring (bicyclic) bond motifs is 3. The molecule has 0 saturated heterocycles. The first-order valence-corrected chi connectivity index (χ1v) is 5.39. The van der Waals surface area contributed by atoms with Gasteiger partial charge in [-0.2, -0.15) is 0 Å². The van der Waals surface area contributed by atoms with Crippen LogP contribution in [0.4, 0.5) is 5.88 Å². The van der Waals surface area contributed by atoms with Crippen LogP contribution in [0.25, 0.3) is 17.0 Å². The molecule has 1 aromatic carbocycles. The van der Waals surface area contributed by atoms with Gasteiger partial charge in [-0.3, -0.25) is 0 Å². The number of allylic oxidation sites excluding steroid dienone is 3. The number of rotatable bonds is 0. The molecule has 1 aliphatic rings. The Hall–Kier alpha value is -1.96. The Morgan fingerprint density at radius 2 is 2.06 bits per heavy atom. The lowest BCUT2D eigenvalue weighted by Crippen LogP contribution is -1.92. The summed E-state index contributed by atoms with van der Waals surface area (Å²) in [4.78, 5) is 0. The Balaban J connectivity index is 2.30. The van der Waals surface area contributed by atoms with E-state index in [0.717, 1.165) is 22.7 Å². The summed E-state index contributed by atoms with van der Waals surface area (Å²) in [5, 5.41) is 4.43. The summed E-state index contributed by atoms with van der Waals surface area (Å²) in [6.45, 7) is 4.12. The Morgan fingerprint density at radius 3 is 2.94 bits per heavy atom. The summed E-state index contributed by atoms with van der Waals surface area (Å²) in [6, 6.07) is 6.25. The van der Waals surface area contributed by atoms with Gasteiger partial charge in [0.1, 0.15) is 5.58 Å². The van der Waals surface area contributed by atoms with E-state index in [1.807, 2.05) is 25.1 Å². The van der Waals surface area contributed by atoms with Crippen LogP contribution >= 0.6 is 0 Å². The van der Waals surface area contributed by atoms with Crippen molar-refractivity contribution in [3.05, 3.63) is 47.2 Å². The fraction of sp³-hybridized carbons (Fsp3) is 0.143. The lowest BCUT2D eigenvalue weighted by atomic mass is 10.1. The minimum atomic E-state index is 0.836. The van der Waals surface area contributed by atoms with E-state index >= 15 is 0 Å². The highest BCUT2D eigenvalue weighted by Crippen LogP contribution is 2.33. The number of nitrogens with one attached hydrogen (secondary N) is 1. The van der Waals surface area contributed by atoms with E-state index in [-0.39, 0.29) is 0 Å². The zero-order valence-electron chi connectivity index (χ0n) is 9.37. The number of hydrogen-bond acceptors (Lipinski definition) is 2. The molecule has 0 bridgehead atoms. The van der Waals surface area contributed by atoms with Crippen molar-refractivity contribution in [1.82, 2.24) is 0 Å². The van der Waals surface area contributed by atoms with Crippen LogP contribution in [0.3, 0.4) is 0 Å². The van der Waals surface area contributed by atoms with Gasteiger partial charge in [0.25, 0.3) is 0 Å². The van der Waals surface area contributed by atoms with Crippen LogP contribution in [0, 0.1) is 6.92 Å². The van der Waals surface area contributed by atoms with Crippen LogP contribution in [0.1, 0.15) is 18.1 Å². The first-order chi connectivity index (χ1) is 7.74. The van der Waals surface area contributed by atoms with E-state index in [0.29, 0.717) is 0 Å². The smallest absolute Gasteiger partial charge is 0.205 e. The lowest BCUT2D eigenvalue weighted by molar-refractivity contribution is 0.631. The molecule has 0 unspecified atom stereocenters. The largest absolute Gasteiger partial charge is 0.440 e. The van der Waals surface area contributed by atoms with Gasteiger partial charge in [-0.1, -0.05) is 17.7 Å².